The van der Waals surface area contributed by atoms with Gasteiger partial charge in [-0.3, -0.25) is 4.57 Å². The zero-order valence-electron chi connectivity index (χ0n) is 14.1. The summed E-state index contributed by atoms with van der Waals surface area (Å²) in [4.78, 5) is 16.5. The Hall–Kier alpha value is -3.48. The molecular formula is C20H15F2N3O2. The number of carbonyl (C=O) groups is 1. The van der Waals surface area contributed by atoms with Gasteiger partial charge >= 0.3 is 12.5 Å². The zero-order valence-corrected chi connectivity index (χ0v) is 14.1. The number of alkyl halides is 2. The van der Waals surface area contributed by atoms with Crippen LogP contribution in [0.1, 0.15) is 22.7 Å². The molecule has 0 atom stereocenters. The van der Waals surface area contributed by atoms with Crippen LogP contribution in [0, 0.1) is 0 Å². The van der Waals surface area contributed by atoms with Crippen LogP contribution in [-0.2, 0) is 11.3 Å². The second kappa shape index (κ2) is 7.03. The number of imidazole rings is 1. The lowest BCUT2D eigenvalue weighted by Gasteiger charge is -2.09. The molecule has 0 aliphatic carbocycles. The number of ether oxygens (including phenoxy) is 1. The number of benzene rings is 2. The standard InChI is InChI=1S/C20H15F2N3O2/c21-20(22)25-17-9-2-1-8-16(17)23-18(25)13-27-19(26)14-6-5-7-15(12-14)24-10-3-4-11-24/h1-12,20H,13H2. The van der Waals surface area contributed by atoms with E-state index in [2.05, 4.69) is 4.98 Å². The number of hydrogen-bond acceptors (Lipinski definition) is 3. The smallest absolute Gasteiger partial charge is 0.338 e. The molecule has 4 rings (SSSR count). The molecule has 0 N–H and O–H groups in total. The van der Waals surface area contributed by atoms with Gasteiger partial charge in [-0.05, 0) is 42.5 Å². The van der Waals surface area contributed by atoms with Crippen LogP contribution in [-0.4, -0.2) is 20.1 Å². The Morgan fingerprint density at radius 3 is 2.59 bits per heavy atom. The molecule has 0 saturated carbocycles. The van der Waals surface area contributed by atoms with Crippen molar-refractivity contribution in [2.75, 3.05) is 0 Å². The molecule has 0 fully saturated rings. The van der Waals surface area contributed by atoms with Gasteiger partial charge < -0.3 is 9.30 Å². The number of hydrogen-bond donors (Lipinski definition) is 0. The topological polar surface area (TPSA) is 49.0 Å². The number of halogens is 2. The Bertz CT molecular complexity index is 1090. The molecule has 2 aromatic heterocycles. The molecule has 0 unspecified atom stereocenters. The molecule has 4 aromatic rings. The zero-order chi connectivity index (χ0) is 18.8. The van der Waals surface area contributed by atoms with Crippen LogP contribution in [0.3, 0.4) is 0 Å². The van der Waals surface area contributed by atoms with Crippen molar-refractivity contribution in [2.45, 2.75) is 13.2 Å². The maximum absolute atomic E-state index is 13.4. The summed E-state index contributed by atoms with van der Waals surface area (Å²) in [5.74, 6) is -0.599. The van der Waals surface area contributed by atoms with Gasteiger partial charge in [0.05, 0.1) is 16.6 Å². The third-order valence-electron chi connectivity index (χ3n) is 4.18. The number of fused-ring (bicyclic) bond motifs is 1. The lowest BCUT2D eigenvalue weighted by molar-refractivity contribution is 0.0387. The maximum atomic E-state index is 13.4. The van der Waals surface area contributed by atoms with Crippen molar-refractivity contribution < 1.29 is 18.3 Å². The first kappa shape index (κ1) is 17.0. The fraction of sp³-hybridized carbons (Fsp3) is 0.100. The van der Waals surface area contributed by atoms with Crippen molar-refractivity contribution in [1.29, 1.82) is 0 Å². The fourth-order valence-corrected chi connectivity index (χ4v) is 2.93. The van der Waals surface area contributed by atoms with Crippen molar-refractivity contribution in [3.05, 3.63) is 84.4 Å². The SMILES string of the molecule is O=C(OCc1nc2ccccc2n1C(F)F)c1cccc(-n2cccc2)c1. The summed E-state index contributed by atoms with van der Waals surface area (Å²) in [6.07, 6.45) is 3.71. The molecule has 7 heteroatoms. The summed E-state index contributed by atoms with van der Waals surface area (Å²) in [7, 11) is 0. The molecule has 0 saturated heterocycles. The quantitative estimate of drug-likeness (QED) is 0.485. The molecule has 0 amide bonds. The first-order chi connectivity index (χ1) is 13.1. The van der Waals surface area contributed by atoms with Gasteiger partial charge in [0.25, 0.3) is 0 Å². The molecule has 5 nitrogen and oxygen atoms in total. The van der Waals surface area contributed by atoms with Crippen molar-refractivity contribution in [1.82, 2.24) is 14.1 Å². The summed E-state index contributed by atoms with van der Waals surface area (Å²) in [5.41, 5.74) is 1.86. The van der Waals surface area contributed by atoms with Gasteiger partial charge in [-0.1, -0.05) is 18.2 Å². The van der Waals surface area contributed by atoms with E-state index in [0.29, 0.717) is 16.6 Å². The predicted molar refractivity (Wildman–Crippen MR) is 95.9 cm³/mol. The van der Waals surface area contributed by atoms with Crippen LogP contribution < -0.4 is 0 Å². The summed E-state index contributed by atoms with van der Waals surface area (Å²) in [6.45, 7) is -3.12. The van der Waals surface area contributed by atoms with E-state index in [1.165, 1.54) is 0 Å². The second-order valence-corrected chi connectivity index (χ2v) is 5.88. The van der Waals surface area contributed by atoms with Gasteiger partial charge in [0.1, 0.15) is 6.61 Å². The average Bonchev–Trinajstić information content (AvgIpc) is 3.33. The van der Waals surface area contributed by atoms with Crippen LogP contribution in [0.5, 0.6) is 0 Å². The highest BCUT2D eigenvalue weighted by molar-refractivity contribution is 5.90. The molecular weight excluding hydrogens is 352 g/mol. The van der Waals surface area contributed by atoms with Gasteiger partial charge in [0, 0.05) is 18.1 Å². The summed E-state index contributed by atoms with van der Waals surface area (Å²) < 4.78 is 34.7. The van der Waals surface area contributed by atoms with Gasteiger partial charge in [-0.25, -0.2) is 9.78 Å². The second-order valence-electron chi connectivity index (χ2n) is 5.88. The van der Waals surface area contributed by atoms with E-state index in [4.69, 9.17) is 4.74 Å². The molecule has 2 aromatic carbocycles. The Labute approximate surface area is 153 Å². The normalized spacial score (nSPS) is 11.2. The van der Waals surface area contributed by atoms with E-state index in [0.717, 1.165) is 10.3 Å². The van der Waals surface area contributed by atoms with Gasteiger partial charge in [-0.2, -0.15) is 8.78 Å². The predicted octanol–water partition coefficient (Wildman–Crippen LogP) is 4.58. The molecule has 0 spiro atoms. The Kier molecular flexibility index (Phi) is 4.42. The highest BCUT2D eigenvalue weighted by Gasteiger charge is 2.19. The molecule has 0 bridgehead atoms. The third-order valence-corrected chi connectivity index (χ3v) is 4.18. The summed E-state index contributed by atoms with van der Waals surface area (Å²) in [6, 6.07) is 17.2. The van der Waals surface area contributed by atoms with Crippen molar-refractivity contribution in [3.8, 4) is 5.69 Å². The highest BCUT2D eigenvalue weighted by atomic mass is 19.3. The van der Waals surface area contributed by atoms with Gasteiger partial charge in [-0.15, -0.1) is 0 Å². The summed E-state index contributed by atoms with van der Waals surface area (Å²) >= 11 is 0. The third kappa shape index (κ3) is 3.31. The monoisotopic (exact) mass is 367 g/mol. The molecule has 136 valence electrons. The van der Waals surface area contributed by atoms with E-state index < -0.39 is 12.5 Å². The van der Waals surface area contributed by atoms with Crippen LogP contribution in [0.2, 0.25) is 0 Å². The van der Waals surface area contributed by atoms with Crippen molar-refractivity contribution in [2.24, 2.45) is 0 Å². The van der Waals surface area contributed by atoms with Crippen molar-refractivity contribution >= 4 is 17.0 Å². The minimum Gasteiger partial charge on any atom is -0.454 e. The molecule has 27 heavy (non-hydrogen) atoms. The number of para-hydroxylation sites is 2. The first-order valence-corrected chi connectivity index (χ1v) is 8.28. The van der Waals surface area contributed by atoms with E-state index in [-0.39, 0.29) is 12.4 Å². The van der Waals surface area contributed by atoms with Crippen LogP contribution >= 0.6 is 0 Å². The minimum atomic E-state index is -2.77. The lowest BCUT2D eigenvalue weighted by atomic mass is 10.2. The molecule has 0 radical (unpaired) electrons. The lowest BCUT2D eigenvalue weighted by Crippen LogP contribution is -2.11. The largest absolute Gasteiger partial charge is 0.454 e. The average molecular weight is 367 g/mol. The number of carbonyl (C=O) groups excluding carboxylic acids is 1. The number of esters is 1. The number of aromatic nitrogens is 3. The van der Waals surface area contributed by atoms with E-state index >= 15 is 0 Å². The Balaban J connectivity index is 1.56. The summed E-state index contributed by atoms with van der Waals surface area (Å²) in [5, 5.41) is 0. The molecule has 2 heterocycles. The van der Waals surface area contributed by atoms with Gasteiger partial charge in [0.2, 0.25) is 0 Å². The highest BCUT2D eigenvalue weighted by Crippen LogP contribution is 2.23. The van der Waals surface area contributed by atoms with Crippen LogP contribution in [0.4, 0.5) is 8.78 Å². The number of rotatable bonds is 5. The fourth-order valence-electron chi connectivity index (χ4n) is 2.93. The first-order valence-electron chi connectivity index (χ1n) is 8.28. The van der Waals surface area contributed by atoms with E-state index in [1.54, 1.807) is 42.5 Å². The minimum absolute atomic E-state index is 0.00103. The maximum Gasteiger partial charge on any atom is 0.338 e. The number of nitrogens with zero attached hydrogens (tertiary/aromatic N) is 3. The van der Waals surface area contributed by atoms with Crippen molar-refractivity contribution in [3.63, 3.8) is 0 Å². The van der Waals surface area contributed by atoms with Gasteiger partial charge in [0.15, 0.2) is 5.82 Å². The van der Waals surface area contributed by atoms with E-state index in [1.807, 2.05) is 35.2 Å². The van der Waals surface area contributed by atoms with Crippen LogP contribution in [0.15, 0.2) is 73.1 Å². The Morgan fingerprint density at radius 2 is 1.81 bits per heavy atom. The van der Waals surface area contributed by atoms with E-state index in [9.17, 15) is 13.6 Å². The van der Waals surface area contributed by atoms with Crippen LogP contribution in [0.25, 0.3) is 16.7 Å². The Morgan fingerprint density at radius 1 is 1.04 bits per heavy atom. The molecule has 0 aliphatic heterocycles. The molecule has 0 aliphatic rings.